The maximum Gasteiger partial charge on any atom is 0.309 e. The minimum absolute atomic E-state index is 0.00837. The number of esters is 1. The Hall–Kier alpha value is -1.05. The number of carbonyl (C=O) groups is 1. The molecule has 0 bridgehead atoms. The van der Waals surface area contributed by atoms with Gasteiger partial charge in [0.05, 0.1) is 5.92 Å². The highest BCUT2D eigenvalue weighted by molar-refractivity contribution is 5.75. The third kappa shape index (κ3) is 1.50. The van der Waals surface area contributed by atoms with Crippen LogP contribution in [-0.2, 0) is 9.53 Å². The van der Waals surface area contributed by atoms with Crippen molar-refractivity contribution < 1.29 is 9.53 Å². The largest absolute Gasteiger partial charge is 0.461 e. The lowest BCUT2D eigenvalue weighted by molar-refractivity contribution is -0.145. The number of allylic oxidation sites excluding steroid dienone is 1. The van der Waals surface area contributed by atoms with Crippen molar-refractivity contribution in [2.24, 2.45) is 23.7 Å². The number of ether oxygens (including phenoxy) is 1. The summed E-state index contributed by atoms with van der Waals surface area (Å²) in [7, 11) is 0. The van der Waals surface area contributed by atoms with Crippen LogP contribution in [0.15, 0.2) is 24.3 Å². The van der Waals surface area contributed by atoms with Crippen LogP contribution >= 0.6 is 0 Å². The third-order valence-corrected chi connectivity index (χ3v) is 5.05. The first-order valence-electron chi connectivity index (χ1n) is 6.65. The van der Waals surface area contributed by atoms with E-state index in [4.69, 9.17) is 4.74 Å². The van der Waals surface area contributed by atoms with Crippen LogP contribution < -0.4 is 0 Å². The van der Waals surface area contributed by atoms with Gasteiger partial charge in [0.15, 0.2) is 0 Å². The number of fused-ring (bicyclic) bond motifs is 3. The third-order valence-electron chi connectivity index (χ3n) is 5.05. The van der Waals surface area contributed by atoms with Crippen molar-refractivity contribution in [2.75, 3.05) is 0 Å². The molecule has 0 spiro atoms. The number of hydrogen-bond donors (Lipinski definition) is 0. The average Bonchev–Trinajstić information content (AvgIpc) is 2.75. The van der Waals surface area contributed by atoms with E-state index in [1.807, 2.05) is 6.92 Å². The molecule has 1 aliphatic heterocycles. The van der Waals surface area contributed by atoms with Gasteiger partial charge in [-0.15, -0.1) is 0 Å². The number of hydrogen-bond acceptors (Lipinski definition) is 2. The molecular weight excluding hydrogens is 212 g/mol. The first kappa shape index (κ1) is 11.1. The molecule has 2 aliphatic carbocycles. The summed E-state index contributed by atoms with van der Waals surface area (Å²) < 4.78 is 5.65. The summed E-state index contributed by atoms with van der Waals surface area (Å²) in [6, 6.07) is 0. The molecular formula is C15H20O2. The van der Waals surface area contributed by atoms with Crippen molar-refractivity contribution in [1.29, 1.82) is 0 Å². The highest BCUT2D eigenvalue weighted by Crippen LogP contribution is 2.51. The molecule has 5 atom stereocenters. The molecule has 17 heavy (non-hydrogen) atoms. The average molecular weight is 232 g/mol. The Morgan fingerprint density at radius 1 is 1.18 bits per heavy atom. The van der Waals surface area contributed by atoms with Crippen LogP contribution in [0.1, 0.15) is 32.6 Å². The van der Waals surface area contributed by atoms with Gasteiger partial charge >= 0.3 is 5.97 Å². The molecule has 2 nitrogen and oxygen atoms in total. The van der Waals surface area contributed by atoms with Crippen molar-refractivity contribution in [3.8, 4) is 0 Å². The van der Waals surface area contributed by atoms with Crippen molar-refractivity contribution in [3.05, 3.63) is 24.3 Å². The molecule has 1 heterocycles. The van der Waals surface area contributed by atoms with E-state index in [1.165, 1.54) is 11.1 Å². The van der Waals surface area contributed by atoms with E-state index in [0.717, 1.165) is 25.7 Å². The normalized spacial score (nSPS) is 45.2. The van der Waals surface area contributed by atoms with E-state index >= 15 is 0 Å². The van der Waals surface area contributed by atoms with Gasteiger partial charge in [-0.1, -0.05) is 31.2 Å². The van der Waals surface area contributed by atoms with Crippen LogP contribution in [0, 0.1) is 23.7 Å². The van der Waals surface area contributed by atoms with Crippen molar-refractivity contribution in [1.82, 2.24) is 0 Å². The van der Waals surface area contributed by atoms with Crippen LogP contribution in [0.3, 0.4) is 0 Å². The van der Waals surface area contributed by atoms with Gasteiger partial charge in [0.2, 0.25) is 0 Å². The lowest BCUT2D eigenvalue weighted by Crippen LogP contribution is -2.29. The summed E-state index contributed by atoms with van der Waals surface area (Å²) in [5.74, 6) is 1.29. The van der Waals surface area contributed by atoms with Crippen LogP contribution in [0.5, 0.6) is 0 Å². The molecule has 3 aliphatic rings. The Bertz CT molecular complexity index is 396. The van der Waals surface area contributed by atoms with Gasteiger partial charge in [-0.2, -0.15) is 0 Å². The molecule has 2 saturated carbocycles. The van der Waals surface area contributed by atoms with E-state index in [1.54, 1.807) is 0 Å². The summed E-state index contributed by atoms with van der Waals surface area (Å²) in [6.45, 7) is 10.4. The Balaban J connectivity index is 1.97. The van der Waals surface area contributed by atoms with Gasteiger partial charge < -0.3 is 4.74 Å². The van der Waals surface area contributed by atoms with Crippen molar-refractivity contribution >= 4 is 5.97 Å². The smallest absolute Gasteiger partial charge is 0.309 e. The second-order valence-corrected chi connectivity index (χ2v) is 5.88. The standard InChI is InChI=1S/C15H20O2/c1-8-4-7-12-10(3)15(16)17-14(12)13-9(2)5-6-11(8)13/h10-14H,1-2,4-7H2,3H3/t10-,11-,12-,13-,14-/m0/s1. The molecule has 3 fully saturated rings. The zero-order valence-electron chi connectivity index (χ0n) is 10.4. The topological polar surface area (TPSA) is 26.3 Å². The number of carbonyl (C=O) groups excluding carboxylic acids is 1. The molecule has 0 unspecified atom stereocenters. The van der Waals surface area contributed by atoms with Crippen molar-refractivity contribution in [2.45, 2.75) is 38.7 Å². The van der Waals surface area contributed by atoms with E-state index in [0.29, 0.717) is 17.8 Å². The molecule has 2 heteroatoms. The molecule has 1 saturated heterocycles. The Kier molecular flexibility index (Phi) is 2.42. The summed E-state index contributed by atoms with van der Waals surface area (Å²) in [6.07, 6.45) is 4.41. The highest BCUT2D eigenvalue weighted by atomic mass is 16.6. The maximum absolute atomic E-state index is 11.8. The van der Waals surface area contributed by atoms with Gasteiger partial charge in [-0.3, -0.25) is 4.79 Å². The molecule has 92 valence electrons. The van der Waals surface area contributed by atoms with Gasteiger partial charge in [0.25, 0.3) is 0 Å². The summed E-state index contributed by atoms with van der Waals surface area (Å²) in [5.41, 5.74) is 2.63. The first-order valence-corrected chi connectivity index (χ1v) is 6.65. The van der Waals surface area contributed by atoms with E-state index < -0.39 is 0 Å². The number of rotatable bonds is 0. The van der Waals surface area contributed by atoms with Gasteiger partial charge in [0.1, 0.15) is 6.10 Å². The Morgan fingerprint density at radius 2 is 1.88 bits per heavy atom. The lowest BCUT2D eigenvalue weighted by Gasteiger charge is -2.26. The minimum Gasteiger partial charge on any atom is -0.461 e. The molecule has 0 radical (unpaired) electrons. The fourth-order valence-electron chi connectivity index (χ4n) is 3.97. The first-order chi connectivity index (χ1) is 8.09. The molecule has 0 aromatic rings. The van der Waals surface area contributed by atoms with Gasteiger partial charge in [-0.05, 0) is 31.6 Å². The molecule has 0 amide bonds. The second kappa shape index (κ2) is 3.72. The monoisotopic (exact) mass is 232 g/mol. The van der Waals surface area contributed by atoms with Gasteiger partial charge in [0, 0.05) is 11.8 Å². The van der Waals surface area contributed by atoms with E-state index in [-0.39, 0.29) is 18.0 Å². The molecule has 0 aromatic carbocycles. The molecule has 3 rings (SSSR count). The van der Waals surface area contributed by atoms with Crippen LogP contribution in [0.2, 0.25) is 0 Å². The predicted octanol–water partition coefficient (Wildman–Crippen LogP) is 3.10. The molecule has 0 aromatic heterocycles. The second-order valence-electron chi connectivity index (χ2n) is 5.88. The fraction of sp³-hybridized carbons (Fsp3) is 0.667. The van der Waals surface area contributed by atoms with E-state index in [9.17, 15) is 4.79 Å². The quantitative estimate of drug-likeness (QED) is 0.474. The lowest BCUT2D eigenvalue weighted by atomic mass is 9.80. The summed E-state index contributed by atoms with van der Waals surface area (Å²) in [4.78, 5) is 11.8. The Labute approximate surface area is 103 Å². The highest BCUT2D eigenvalue weighted by Gasteiger charge is 2.51. The summed E-state index contributed by atoms with van der Waals surface area (Å²) in [5, 5.41) is 0. The zero-order chi connectivity index (χ0) is 12.2. The maximum atomic E-state index is 11.8. The summed E-state index contributed by atoms with van der Waals surface area (Å²) >= 11 is 0. The van der Waals surface area contributed by atoms with Gasteiger partial charge in [-0.25, -0.2) is 0 Å². The minimum atomic E-state index is -0.00837. The zero-order valence-corrected chi connectivity index (χ0v) is 10.4. The van der Waals surface area contributed by atoms with Crippen LogP contribution in [-0.4, -0.2) is 12.1 Å². The SMILES string of the molecule is C=C1CC[C@H]2C(=C)CC[C@@H]3[C@H](OC(=O)[C@H]3C)[C@@H]12. The predicted molar refractivity (Wildman–Crippen MR) is 66.3 cm³/mol. The van der Waals surface area contributed by atoms with Crippen molar-refractivity contribution in [3.63, 3.8) is 0 Å². The van der Waals surface area contributed by atoms with E-state index in [2.05, 4.69) is 13.2 Å². The fourth-order valence-corrected chi connectivity index (χ4v) is 3.97. The van der Waals surface area contributed by atoms with Crippen LogP contribution in [0.4, 0.5) is 0 Å². The Morgan fingerprint density at radius 3 is 2.65 bits per heavy atom. The van der Waals surface area contributed by atoms with Crippen LogP contribution in [0.25, 0.3) is 0 Å². The molecule has 0 N–H and O–H groups in total.